The maximum absolute atomic E-state index is 4.59. The lowest BCUT2D eigenvalue weighted by molar-refractivity contribution is 0.463. The number of aryl methyl sites for hydroxylation is 1. The fourth-order valence-corrected chi connectivity index (χ4v) is 2.78. The van der Waals surface area contributed by atoms with Gasteiger partial charge in [0.2, 0.25) is 0 Å². The van der Waals surface area contributed by atoms with Crippen LogP contribution in [-0.2, 0) is 0 Å². The molecule has 0 amide bonds. The third-order valence-corrected chi connectivity index (χ3v) is 3.76. The molecule has 2 nitrogen and oxygen atoms in total. The van der Waals surface area contributed by atoms with E-state index in [1.54, 1.807) is 0 Å². The van der Waals surface area contributed by atoms with Crippen LogP contribution >= 0.6 is 0 Å². The van der Waals surface area contributed by atoms with Gasteiger partial charge >= 0.3 is 0 Å². The number of hydrogen-bond acceptors (Lipinski definition) is 2. The molecule has 2 heterocycles. The summed E-state index contributed by atoms with van der Waals surface area (Å²) < 4.78 is 0. The van der Waals surface area contributed by atoms with Crippen LogP contribution in [-0.4, -0.2) is 18.1 Å². The van der Waals surface area contributed by atoms with Gasteiger partial charge in [-0.1, -0.05) is 18.2 Å². The van der Waals surface area contributed by atoms with Gasteiger partial charge in [-0.3, -0.25) is 4.98 Å². The van der Waals surface area contributed by atoms with Crippen molar-refractivity contribution in [3.05, 3.63) is 41.6 Å². The number of hydrogen-bond donors (Lipinski definition) is 1. The predicted octanol–water partition coefficient (Wildman–Crippen LogP) is 3.01. The quantitative estimate of drug-likeness (QED) is 0.808. The van der Waals surface area contributed by atoms with Crippen molar-refractivity contribution >= 4 is 10.9 Å². The Labute approximate surface area is 102 Å². The highest BCUT2D eigenvalue weighted by Gasteiger charge is 2.17. The standard InChI is InChI=1S/C15H18N2/c1-11-7-9-17-15-13(11)5-2-6-14(15)12-4-3-8-16-10-12/h2,5-7,9,12,16H,3-4,8,10H2,1H3/t12-/m1/s1. The minimum Gasteiger partial charge on any atom is -0.316 e. The molecule has 1 saturated heterocycles. The Morgan fingerprint density at radius 3 is 3.06 bits per heavy atom. The molecule has 0 bridgehead atoms. The summed E-state index contributed by atoms with van der Waals surface area (Å²) in [6, 6.07) is 8.68. The van der Waals surface area contributed by atoms with Crippen LogP contribution in [0.5, 0.6) is 0 Å². The van der Waals surface area contributed by atoms with E-state index >= 15 is 0 Å². The van der Waals surface area contributed by atoms with Gasteiger partial charge in [0.25, 0.3) is 0 Å². The largest absolute Gasteiger partial charge is 0.316 e. The topological polar surface area (TPSA) is 24.9 Å². The Morgan fingerprint density at radius 1 is 1.29 bits per heavy atom. The second-order valence-electron chi connectivity index (χ2n) is 4.91. The van der Waals surface area contributed by atoms with Crippen molar-refractivity contribution in [3.8, 4) is 0 Å². The van der Waals surface area contributed by atoms with Crippen molar-refractivity contribution in [2.24, 2.45) is 0 Å². The van der Waals surface area contributed by atoms with Crippen LogP contribution in [0.4, 0.5) is 0 Å². The number of nitrogens with zero attached hydrogens (tertiary/aromatic N) is 1. The number of rotatable bonds is 1. The molecule has 0 spiro atoms. The van der Waals surface area contributed by atoms with Crippen LogP contribution in [0.1, 0.15) is 29.9 Å². The van der Waals surface area contributed by atoms with Gasteiger partial charge in [-0.2, -0.15) is 0 Å². The Kier molecular flexibility index (Phi) is 2.81. The van der Waals surface area contributed by atoms with E-state index in [4.69, 9.17) is 0 Å². The van der Waals surface area contributed by atoms with Gasteiger partial charge in [-0.15, -0.1) is 0 Å². The zero-order valence-electron chi connectivity index (χ0n) is 10.2. The number of nitrogens with one attached hydrogen (secondary N) is 1. The summed E-state index contributed by atoms with van der Waals surface area (Å²) in [5.74, 6) is 0.627. The van der Waals surface area contributed by atoms with Gasteiger partial charge in [0.05, 0.1) is 5.52 Å². The summed E-state index contributed by atoms with van der Waals surface area (Å²) in [7, 11) is 0. The predicted molar refractivity (Wildman–Crippen MR) is 71.3 cm³/mol. The number of fused-ring (bicyclic) bond motifs is 1. The molecule has 0 aliphatic carbocycles. The first-order valence-electron chi connectivity index (χ1n) is 6.41. The fourth-order valence-electron chi connectivity index (χ4n) is 2.78. The van der Waals surface area contributed by atoms with Crippen LogP contribution in [0.3, 0.4) is 0 Å². The zero-order valence-corrected chi connectivity index (χ0v) is 10.2. The summed E-state index contributed by atoms with van der Waals surface area (Å²) in [6.07, 6.45) is 4.48. The monoisotopic (exact) mass is 226 g/mol. The number of piperidine rings is 1. The lowest BCUT2D eigenvalue weighted by atomic mass is 9.89. The lowest BCUT2D eigenvalue weighted by Gasteiger charge is -2.24. The molecule has 2 aromatic rings. The lowest BCUT2D eigenvalue weighted by Crippen LogP contribution is -2.28. The fraction of sp³-hybridized carbons (Fsp3) is 0.400. The van der Waals surface area contributed by atoms with Crippen molar-refractivity contribution in [1.29, 1.82) is 0 Å². The van der Waals surface area contributed by atoms with Crippen LogP contribution in [0.25, 0.3) is 10.9 Å². The molecule has 0 radical (unpaired) electrons. The van der Waals surface area contributed by atoms with Gasteiger partial charge < -0.3 is 5.32 Å². The average Bonchev–Trinajstić information content (AvgIpc) is 2.40. The van der Waals surface area contributed by atoms with E-state index < -0.39 is 0 Å². The maximum Gasteiger partial charge on any atom is 0.0739 e. The third-order valence-electron chi connectivity index (χ3n) is 3.76. The van der Waals surface area contributed by atoms with E-state index in [0.29, 0.717) is 5.92 Å². The highest BCUT2D eigenvalue weighted by Crippen LogP contribution is 2.29. The molecule has 3 rings (SSSR count). The van der Waals surface area contributed by atoms with Crippen molar-refractivity contribution in [2.75, 3.05) is 13.1 Å². The van der Waals surface area contributed by atoms with Gasteiger partial charge in [0.1, 0.15) is 0 Å². The summed E-state index contributed by atoms with van der Waals surface area (Å²) >= 11 is 0. The van der Waals surface area contributed by atoms with Crippen LogP contribution in [0, 0.1) is 6.92 Å². The van der Waals surface area contributed by atoms with E-state index in [2.05, 4.69) is 41.5 Å². The van der Waals surface area contributed by atoms with Gasteiger partial charge in [0, 0.05) is 18.1 Å². The highest BCUT2D eigenvalue weighted by atomic mass is 14.9. The summed E-state index contributed by atoms with van der Waals surface area (Å²) in [6.45, 7) is 4.41. The molecule has 2 heteroatoms. The normalized spacial score (nSPS) is 20.6. The number of aromatic nitrogens is 1. The molecule has 1 fully saturated rings. The molecule has 1 atom stereocenters. The van der Waals surface area contributed by atoms with Gasteiger partial charge in [-0.05, 0) is 49.4 Å². The maximum atomic E-state index is 4.59. The second-order valence-corrected chi connectivity index (χ2v) is 4.91. The first kappa shape index (κ1) is 10.7. The summed E-state index contributed by atoms with van der Waals surface area (Å²) in [4.78, 5) is 4.59. The molecule has 88 valence electrons. The smallest absolute Gasteiger partial charge is 0.0739 e. The van der Waals surface area contributed by atoms with Crippen molar-refractivity contribution in [3.63, 3.8) is 0 Å². The summed E-state index contributed by atoms with van der Waals surface area (Å²) in [5, 5.41) is 4.79. The number of para-hydroxylation sites is 1. The average molecular weight is 226 g/mol. The Morgan fingerprint density at radius 2 is 2.24 bits per heavy atom. The van der Waals surface area contributed by atoms with E-state index in [0.717, 1.165) is 13.1 Å². The zero-order chi connectivity index (χ0) is 11.7. The highest BCUT2D eigenvalue weighted by molar-refractivity contribution is 5.85. The summed E-state index contributed by atoms with van der Waals surface area (Å²) in [5.41, 5.74) is 3.93. The van der Waals surface area contributed by atoms with Crippen LogP contribution in [0.2, 0.25) is 0 Å². The second kappa shape index (κ2) is 4.46. The van der Waals surface area contributed by atoms with Crippen molar-refractivity contribution in [1.82, 2.24) is 10.3 Å². The SMILES string of the molecule is Cc1ccnc2c([C@@H]3CCCNC3)cccc12. The van der Waals surface area contributed by atoms with Gasteiger partial charge in [-0.25, -0.2) is 0 Å². The molecule has 0 saturated carbocycles. The Hall–Kier alpha value is -1.41. The molecule has 1 aliphatic heterocycles. The van der Waals surface area contributed by atoms with E-state index in [9.17, 15) is 0 Å². The first-order chi connectivity index (χ1) is 8.36. The van der Waals surface area contributed by atoms with Crippen molar-refractivity contribution < 1.29 is 0 Å². The van der Waals surface area contributed by atoms with Crippen LogP contribution < -0.4 is 5.32 Å². The third kappa shape index (κ3) is 1.93. The van der Waals surface area contributed by atoms with Gasteiger partial charge in [0.15, 0.2) is 0 Å². The first-order valence-corrected chi connectivity index (χ1v) is 6.41. The molecular formula is C15H18N2. The molecule has 1 aliphatic rings. The minimum atomic E-state index is 0.627. The van der Waals surface area contributed by atoms with Crippen LogP contribution in [0.15, 0.2) is 30.5 Å². The number of benzene rings is 1. The molecule has 0 unspecified atom stereocenters. The minimum absolute atomic E-state index is 0.627. The molecular weight excluding hydrogens is 208 g/mol. The molecule has 1 aromatic carbocycles. The van der Waals surface area contributed by atoms with Crippen molar-refractivity contribution in [2.45, 2.75) is 25.7 Å². The number of pyridine rings is 1. The Bertz CT molecular complexity index is 527. The molecule has 1 N–H and O–H groups in total. The molecule has 17 heavy (non-hydrogen) atoms. The van der Waals surface area contributed by atoms with E-state index in [-0.39, 0.29) is 0 Å². The Balaban J connectivity index is 2.12. The molecule has 1 aromatic heterocycles. The van der Waals surface area contributed by atoms with E-state index in [1.807, 2.05) is 6.20 Å². The van der Waals surface area contributed by atoms with E-state index in [1.165, 1.54) is 34.9 Å².